The zero-order chi connectivity index (χ0) is 13.5. The van der Waals surface area contributed by atoms with Crippen molar-refractivity contribution in [1.82, 2.24) is 0 Å². The fourth-order valence-corrected chi connectivity index (χ4v) is 1.85. The second kappa shape index (κ2) is 16.7. The monoisotopic (exact) mass is 326 g/mol. The Kier molecular flexibility index (Phi) is 25.5. The first-order chi connectivity index (χ1) is 7.73. The summed E-state index contributed by atoms with van der Waals surface area (Å²) in [6.07, 6.45) is 6.09. The van der Waals surface area contributed by atoms with E-state index < -0.39 is 18.4 Å². The predicted molar refractivity (Wildman–Crippen MR) is 60.4 cm³/mol. The second-order valence-electron chi connectivity index (χ2n) is 5.34. The topological polar surface area (TPSA) is 80.3 Å². The minimum absolute atomic E-state index is 0. The van der Waals surface area contributed by atoms with Crippen LogP contribution in [-0.2, 0) is 9.59 Å². The molecule has 1 aliphatic carbocycles. The maximum atomic E-state index is 9.28. The van der Waals surface area contributed by atoms with E-state index in [1.165, 1.54) is 32.1 Å². The standard InChI is InChI=1S/C10H19.C3H4O4.2K.Li/c1-10(2,3)9-7-5-4-6-8-9;4-2(5)1-3(6)7;;;/h4-8H2,1-3H3;1H2,(H,4,5)(H,6,7);;;/q-1;;3*+1/p-2. The molecule has 7 heteroatoms. The third kappa shape index (κ3) is 18.9. The van der Waals surface area contributed by atoms with Gasteiger partial charge < -0.3 is 25.7 Å². The van der Waals surface area contributed by atoms with Crippen LogP contribution in [0.15, 0.2) is 0 Å². The van der Waals surface area contributed by atoms with Crippen molar-refractivity contribution in [2.45, 2.75) is 59.3 Å². The molecule has 0 spiro atoms. The van der Waals surface area contributed by atoms with Crippen molar-refractivity contribution < 1.29 is 141 Å². The molecule has 0 heterocycles. The maximum Gasteiger partial charge on any atom is 1.00 e. The van der Waals surface area contributed by atoms with Crippen LogP contribution in [0, 0.1) is 11.3 Å². The van der Waals surface area contributed by atoms with E-state index in [4.69, 9.17) is 0 Å². The molecule has 1 fully saturated rings. The van der Waals surface area contributed by atoms with E-state index >= 15 is 0 Å². The first-order valence-corrected chi connectivity index (χ1v) is 5.98. The van der Waals surface area contributed by atoms with Gasteiger partial charge in [0.1, 0.15) is 0 Å². The number of carboxylic acid groups (broad SMARTS) is 2. The van der Waals surface area contributed by atoms with Gasteiger partial charge in [0.15, 0.2) is 0 Å². The number of rotatable bonds is 2. The van der Waals surface area contributed by atoms with Crippen LogP contribution in [0.1, 0.15) is 59.3 Å². The van der Waals surface area contributed by atoms with Crippen LogP contribution in [0.4, 0.5) is 0 Å². The fourth-order valence-electron chi connectivity index (χ4n) is 1.85. The molecule has 0 unspecified atom stereocenters. The number of carbonyl (C=O) groups is 2. The zero-order valence-corrected chi connectivity index (χ0v) is 20.1. The van der Waals surface area contributed by atoms with E-state index in [-0.39, 0.29) is 122 Å². The molecule has 1 aliphatic rings. The van der Waals surface area contributed by atoms with E-state index in [0.717, 1.165) is 0 Å². The first-order valence-electron chi connectivity index (χ1n) is 5.98. The average Bonchev–Trinajstić information content (AvgIpc) is 2.16. The molecule has 0 radical (unpaired) electrons. The minimum atomic E-state index is -1.63. The predicted octanol–water partition coefficient (Wildman–Crippen LogP) is -8.54. The van der Waals surface area contributed by atoms with Crippen LogP contribution in [0.25, 0.3) is 0 Å². The molecule has 4 nitrogen and oxygen atoms in total. The molecule has 0 aromatic rings. The summed E-state index contributed by atoms with van der Waals surface area (Å²) in [5.41, 5.74) is 0.487. The third-order valence-corrected chi connectivity index (χ3v) is 2.81. The van der Waals surface area contributed by atoms with E-state index in [9.17, 15) is 19.8 Å². The summed E-state index contributed by atoms with van der Waals surface area (Å²) >= 11 is 0. The number of hydrogen-bond acceptors (Lipinski definition) is 4. The van der Waals surface area contributed by atoms with Gasteiger partial charge in [-0.05, 0) is 0 Å². The van der Waals surface area contributed by atoms with E-state index in [0.29, 0.717) is 5.41 Å². The summed E-state index contributed by atoms with van der Waals surface area (Å²) in [5, 5.41) is 18.6. The number of carbonyl (C=O) groups excluding carboxylic acids is 2. The number of aliphatic carboxylic acids is 2. The molecule has 1 rings (SSSR count). The summed E-state index contributed by atoms with van der Waals surface area (Å²) in [6, 6.07) is 0. The van der Waals surface area contributed by atoms with Crippen LogP contribution in [-0.4, -0.2) is 11.9 Å². The average molecular weight is 326 g/mol. The van der Waals surface area contributed by atoms with Gasteiger partial charge in [0.05, 0.1) is 0 Å². The molecule has 0 aromatic heterocycles. The van der Waals surface area contributed by atoms with Gasteiger partial charge in [-0.1, -0.05) is 40.0 Å². The van der Waals surface area contributed by atoms with Gasteiger partial charge in [0.2, 0.25) is 0 Å². The van der Waals surface area contributed by atoms with Gasteiger partial charge in [0.25, 0.3) is 0 Å². The Balaban J connectivity index is -0.000000117. The Bertz CT molecular complexity index is 250. The van der Waals surface area contributed by atoms with E-state index in [2.05, 4.69) is 20.8 Å². The van der Waals surface area contributed by atoms with Crippen molar-refractivity contribution in [2.75, 3.05) is 0 Å². The van der Waals surface area contributed by atoms with Crippen LogP contribution >= 0.6 is 0 Å². The van der Waals surface area contributed by atoms with Gasteiger partial charge in [-0.15, -0.1) is 0 Å². The molecule has 0 amide bonds. The Labute approximate surface area is 219 Å². The van der Waals surface area contributed by atoms with Crippen LogP contribution in [0.3, 0.4) is 0 Å². The molecule has 0 atom stereocenters. The molecule has 0 saturated heterocycles. The summed E-state index contributed by atoms with van der Waals surface area (Å²) in [5.74, 6) is -1.46. The van der Waals surface area contributed by atoms with Crippen LogP contribution in [0.2, 0.25) is 0 Å². The van der Waals surface area contributed by atoms with Crippen molar-refractivity contribution in [3.63, 3.8) is 0 Å². The largest absolute Gasteiger partial charge is 1.00 e. The van der Waals surface area contributed by atoms with Gasteiger partial charge in [0, 0.05) is 18.4 Å². The summed E-state index contributed by atoms with van der Waals surface area (Å²) in [7, 11) is 0. The van der Waals surface area contributed by atoms with Gasteiger partial charge >= 0.3 is 122 Å². The van der Waals surface area contributed by atoms with Crippen LogP contribution in [0.5, 0.6) is 0 Å². The van der Waals surface area contributed by atoms with Crippen molar-refractivity contribution in [2.24, 2.45) is 5.41 Å². The molecule has 0 aliphatic heterocycles. The van der Waals surface area contributed by atoms with Crippen molar-refractivity contribution >= 4 is 11.9 Å². The second-order valence-corrected chi connectivity index (χ2v) is 5.34. The van der Waals surface area contributed by atoms with Crippen molar-refractivity contribution in [3.8, 4) is 0 Å². The Morgan fingerprint density at radius 2 is 1.30 bits per heavy atom. The molecule has 1 saturated carbocycles. The third-order valence-electron chi connectivity index (χ3n) is 2.81. The molecular formula is C13H21K2LiO4. The number of hydrogen-bond donors (Lipinski definition) is 0. The van der Waals surface area contributed by atoms with Crippen LogP contribution < -0.4 is 132 Å². The minimum Gasteiger partial charge on any atom is -0.550 e. The van der Waals surface area contributed by atoms with E-state index in [1.54, 1.807) is 5.92 Å². The van der Waals surface area contributed by atoms with Gasteiger partial charge in [-0.3, -0.25) is 0 Å². The van der Waals surface area contributed by atoms with Gasteiger partial charge in [-0.2, -0.15) is 18.3 Å². The Morgan fingerprint density at radius 3 is 1.45 bits per heavy atom. The fraction of sp³-hybridized carbons (Fsp3) is 0.769. The van der Waals surface area contributed by atoms with Gasteiger partial charge in [-0.25, -0.2) is 0 Å². The summed E-state index contributed by atoms with van der Waals surface area (Å²) < 4.78 is 0. The molecule has 0 N–H and O–H groups in total. The molecule has 0 aromatic carbocycles. The first kappa shape index (κ1) is 30.7. The zero-order valence-electron chi connectivity index (χ0n) is 13.9. The Morgan fingerprint density at radius 1 is 0.950 bits per heavy atom. The Hall–Kier alpha value is 2.81. The SMILES string of the molecule is CC(C)(C)[C-]1CCCCC1.O=C([O-])CC(=O)[O-].[K+].[K+].[Li+]. The normalized spacial score (nSPS) is 14.3. The summed E-state index contributed by atoms with van der Waals surface area (Å²) in [4.78, 5) is 18.6. The van der Waals surface area contributed by atoms with E-state index in [1.807, 2.05) is 0 Å². The maximum absolute atomic E-state index is 9.28. The van der Waals surface area contributed by atoms with Crippen molar-refractivity contribution in [1.29, 1.82) is 0 Å². The molecular weight excluding hydrogens is 305 g/mol. The number of carboxylic acids is 2. The summed E-state index contributed by atoms with van der Waals surface area (Å²) in [6.45, 7) is 7.02. The smallest absolute Gasteiger partial charge is 0.550 e. The molecule has 20 heavy (non-hydrogen) atoms. The van der Waals surface area contributed by atoms with Crippen molar-refractivity contribution in [3.05, 3.63) is 5.92 Å². The quantitative estimate of drug-likeness (QED) is 0.287. The molecule has 0 bridgehead atoms. The molecule has 100 valence electrons.